The minimum atomic E-state index is -4.56. The largest absolute Gasteiger partial charge is 0.405 e. The summed E-state index contributed by atoms with van der Waals surface area (Å²) in [6, 6.07) is 12.8. The molecule has 0 unspecified atom stereocenters. The SMILES string of the molecule is NS(=O)(=O)c1ccc(CNc2nc(NCC(F)(F)F)c3nc(-c4ccc(Cl)c(S(=O)(=O)N[C@@H]5CCNC5)c4)ccc3n2)cc1. The number of nitrogens with zero attached hydrogens (tertiary/aromatic N) is 3. The van der Waals surface area contributed by atoms with Crippen molar-refractivity contribution >= 4 is 54.4 Å². The van der Waals surface area contributed by atoms with Crippen LogP contribution in [0.5, 0.6) is 0 Å². The van der Waals surface area contributed by atoms with Crippen molar-refractivity contribution in [2.45, 2.75) is 35.0 Å². The molecule has 0 amide bonds. The maximum atomic E-state index is 13.1. The Labute approximate surface area is 255 Å². The smallest absolute Gasteiger partial charge is 0.359 e. The third-order valence-corrected chi connectivity index (χ3v) is 9.53. The molecule has 234 valence electrons. The number of rotatable bonds is 10. The minimum Gasteiger partial charge on any atom is -0.359 e. The van der Waals surface area contributed by atoms with Gasteiger partial charge in [-0.05, 0) is 54.9 Å². The normalized spacial score (nSPS) is 15.9. The summed E-state index contributed by atoms with van der Waals surface area (Å²) in [5.74, 6) is -0.224. The van der Waals surface area contributed by atoms with Gasteiger partial charge in [0.25, 0.3) is 0 Å². The van der Waals surface area contributed by atoms with Crippen molar-refractivity contribution in [3.63, 3.8) is 0 Å². The second kappa shape index (κ2) is 12.4. The van der Waals surface area contributed by atoms with E-state index < -0.39 is 32.8 Å². The van der Waals surface area contributed by atoms with E-state index in [0.717, 1.165) is 0 Å². The van der Waals surface area contributed by atoms with Gasteiger partial charge in [0.05, 0.1) is 21.1 Å². The average molecular weight is 671 g/mol. The number of fused-ring (bicyclic) bond motifs is 1. The van der Waals surface area contributed by atoms with Gasteiger partial charge < -0.3 is 16.0 Å². The van der Waals surface area contributed by atoms with Crippen LogP contribution in [0.1, 0.15) is 12.0 Å². The fraction of sp³-hybridized carbons (Fsp3) is 0.269. The molecule has 5 rings (SSSR count). The number of hydrogen-bond donors (Lipinski definition) is 5. The first kappa shape index (κ1) is 31.8. The number of primary sulfonamides is 1. The molecule has 18 heteroatoms. The van der Waals surface area contributed by atoms with E-state index in [1.165, 1.54) is 42.5 Å². The van der Waals surface area contributed by atoms with Crippen molar-refractivity contribution in [1.29, 1.82) is 0 Å². The van der Waals surface area contributed by atoms with E-state index in [1.54, 1.807) is 12.1 Å². The number of anilines is 2. The van der Waals surface area contributed by atoms with Crippen LogP contribution in [0.2, 0.25) is 5.02 Å². The van der Waals surface area contributed by atoms with Gasteiger partial charge >= 0.3 is 6.18 Å². The van der Waals surface area contributed by atoms with Crippen molar-refractivity contribution in [3.8, 4) is 11.3 Å². The Morgan fingerprint density at radius 3 is 2.39 bits per heavy atom. The Kier molecular flexibility index (Phi) is 8.97. The zero-order valence-electron chi connectivity index (χ0n) is 22.7. The number of nitrogens with one attached hydrogen (secondary N) is 4. The third-order valence-electron chi connectivity index (χ3n) is 6.60. The predicted molar refractivity (Wildman–Crippen MR) is 159 cm³/mol. The third kappa shape index (κ3) is 7.72. The highest BCUT2D eigenvalue weighted by Crippen LogP contribution is 2.31. The molecule has 4 aromatic rings. The first-order valence-corrected chi connectivity index (χ1v) is 16.5. The van der Waals surface area contributed by atoms with Gasteiger partial charge in [0, 0.05) is 24.7 Å². The predicted octanol–water partition coefficient (Wildman–Crippen LogP) is 3.22. The molecule has 0 bridgehead atoms. The molecule has 1 aliphatic heterocycles. The standard InChI is InChI=1S/C26H26ClF3N8O4S2/c27-19-6-3-16(11-22(19)44(41,42)38-17-9-10-32-13-17)20-7-8-21-23(35-20)24(34-14-26(28,29)30)37-25(36-21)33-12-15-1-4-18(5-2-15)43(31,39)40/h1-8,11,17,32,38H,9-10,12-14H2,(H2,31,39,40)(H2,33,34,36,37)/t17-/m1/s1. The molecule has 1 aliphatic rings. The van der Waals surface area contributed by atoms with Crippen molar-refractivity contribution in [1.82, 2.24) is 25.0 Å². The van der Waals surface area contributed by atoms with Crippen LogP contribution < -0.4 is 25.8 Å². The summed E-state index contributed by atoms with van der Waals surface area (Å²) in [6.45, 7) is -0.114. The molecule has 1 fully saturated rings. The summed E-state index contributed by atoms with van der Waals surface area (Å²) in [7, 11) is -7.85. The molecule has 12 nitrogen and oxygen atoms in total. The molecule has 3 heterocycles. The zero-order valence-corrected chi connectivity index (χ0v) is 25.1. The van der Waals surface area contributed by atoms with Crippen LogP contribution in [0.3, 0.4) is 0 Å². The van der Waals surface area contributed by atoms with Crippen molar-refractivity contribution in [2.24, 2.45) is 5.14 Å². The van der Waals surface area contributed by atoms with E-state index in [1.807, 2.05) is 0 Å². The summed E-state index contributed by atoms with van der Waals surface area (Å²) in [5, 5.41) is 13.4. The Morgan fingerprint density at radius 1 is 0.977 bits per heavy atom. The summed E-state index contributed by atoms with van der Waals surface area (Å²) in [6.07, 6.45) is -3.94. The highest BCUT2D eigenvalue weighted by atomic mass is 35.5. The molecule has 0 aliphatic carbocycles. The molecule has 1 saturated heterocycles. The average Bonchev–Trinajstić information content (AvgIpc) is 3.46. The lowest BCUT2D eigenvalue weighted by molar-refractivity contribution is -0.115. The first-order valence-electron chi connectivity index (χ1n) is 13.1. The molecular weight excluding hydrogens is 645 g/mol. The van der Waals surface area contributed by atoms with Crippen LogP contribution in [0.4, 0.5) is 24.9 Å². The Balaban J connectivity index is 1.46. The molecule has 0 spiro atoms. The van der Waals surface area contributed by atoms with E-state index >= 15 is 0 Å². The molecule has 1 atom stereocenters. The van der Waals surface area contributed by atoms with Gasteiger partial charge in [-0.1, -0.05) is 29.8 Å². The van der Waals surface area contributed by atoms with Gasteiger partial charge in [0.15, 0.2) is 5.82 Å². The number of aromatic nitrogens is 3. The molecule has 0 saturated carbocycles. The van der Waals surface area contributed by atoms with Gasteiger partial charge in [-0.25, -0.2) is 36.7 Å². The van der Waals surface area contributed by atoms with E-state index in [2.05, 4.69) is 35.6 Å². The fourth-order valence-corrected chi connectivity index (χ4v) is 6.76. The second-order valence-electron chi connectivity index (χ2n) is 9.93. The van der Waals surface area contributed by atoms with Crippen LogP contribution in [0.25, 0.3) is 22.3 Å². The van der Waals surface area contributed by atoms with Crippen LogP contribution in [0, 0.1) is 0 Å². The highest BCUT2D eigenvalue weighted by Gasteiger charge is 2.28. The number of hydrogen-bond acceptors (Lipinski definition) is 10. The number of sulfonamides is 2. The van der Waals surface area contributed by atoms with Gasteiger partial charge in [-0.15, -0.1) is 0 Å². The maximum Gasteiger partial charge on any atom is 0.405 e. The Hall–Kier alpha value is -3.61. The molecular formula is C26H26ClF3N8O4S2. The molecule has 44 heavy (non-hydrogen) atoms. The van der Waals surface area contributed by atoms with E-state index in [4.69, 9.17) is 16.7 Å². The van der Waals surface area contributed by atoms with E-state index in [-0.39, 0.29) is 55.9 Å². The number of halogens is 4. The lowest BCUT2D eigenvalue weighted by atomic mass is 10.1. The second-order valence-corrected chi connectivity index (χ2v) is 13.6. The summed E-state index contributed by atoms with van der Waals surface area (Å²) in [4.78, 5) is 12.8. The lowest BCUT2D eigenvalue weighted by Crippen LogP contribution is -2.36. The van der Waals surface area contributed by atoms with Crippen LogP contribution in [-0.2, 0) is 26.6 Å². The number of alkyl halides is 3. The van der Waals surface area contributed by atoms with Gasteiger partial charge in [-0.3, -0.25) is 0 Å². The zero-order chi connectivity index (χ0) is 31.7. The van der Waals surface area contributed by atoms with Crippen LogP contribution in [0.15, 0.2) is 64.4 Å². The topological polar surface area (TPSA) is 181 Å². The maximum absolute atomic E-state index is 13.1. The van der Waals surface area contributed by atoms with Crippen LogP contribution >= 0.6 is 11.6 Å². The van der Waals surface area contributed by atoms with Gasteiger partial charge in [-0.2, -0.15) is 18.2 Å². The molecule has 2 aromatic heterocycles. The molecule has 2 aromatic carbocycles. The Morgan fingerprint density at radius 2 is 1.73 bits per heavy atom. The first-order chi connectivity index (χ1) is 20.7. The van der Waals surface area contributed by atoms with E-state index in [9.17, 15) is 30.0 Å². The number of benzene rings is 2. The molecule has 6 N–H and O–H groups in total. The monoisotopic (exact) mass is 670 g/mol. The fourth-order valence-electron chi connectivity index (χ4n) is 4.45. The van der Waals surface area contributed by atoms with Gasteiger partial charge in [0.2, 0.25) is 26.0 Å². The van der Waals surface area contributed by atoms with Crippen LogP contribution in [-0.4, -0.2) is 63.6 Å². The molecule has 0 radical (unpaired) electrons. The Bertz CT molecular complexity index is 1910. The summed E-state index contributed by atoms with van der Waals surface area (Å²) < 4.78 is 91.2. The quantitative estimate of drug-likeness (QED) is 0.168. The highest BCUT2D eigenvalue weighted by molar-refractivity contribution is 7.89. The lowest BCUT2D eigenvalue weighted by Gasteiger charge is -2.15. The van der Waals surface area contributed by atoms with Crippen molar-refractivity contribution < 1.29 is 30.0 Å². The number of pyridine rings is 1. The number of nitrogens with two attached hydrogens (primary N) is 1. The van der Waals surface area contributed by atoms with E-state index in [0.29, 0.717) is 30.6 Å². The minimum absolute atomic E-state index is 0.00105. The van der Waals surface area contributed by atoms with Gasteiger partial charge in [0.1, 0.15) is 17.0 Å². The summed E-state index contributed by atoms with van der Waals surface area (Å²) >= 11 is 6.25. The van der Waals surface area contributed by atoms with Crippen molar-refractivity contribution in [2.75, 3.05) is 30.3 Å². The van der Waals surface area contributed by atoms with Crippen molar-refractivity contribution in [3.05, 3.63) is 65.2 Å². The summed E-state index contributed by atoms with van der Waals surface area (Å²) in [5.41, 5.74) is 1.46.